The third-order valence-electron chi connectivity index (χ3n) is 2.72. The van der Waals surface area contributed by atoms with Gasteiger partial charge in [-0.3, -0.25) is 4.79 Å². The van der Waals surface area contributed by atoms with Gasteiger partial charge in [0.1, 0.15) is 5.75 Å². The van der Waals surface area contributed by atoms with Crippen LogP contribution in [0.1, 0.15) is 15.9 Å². The number of ether oxygens (including phenoxy) is 1. The number of aryl methyl sites for hydroxylation is 1. The second kappa shape index (κ2) is 5.76. The van der Waals surface area contributed by atoms with Crippen LogP contribution in [0.25, 0.3) is 0 Å². The van der Waals surface area contributed by atoms with Crippen LogP contribution in [0.15, 0.2) is 42.5 Å². The van der Waals surface area contributed by atoms with Gasteiger partial charge in [-0.25, -0.2) is 0 Å². The van der Waals surface area contributed by atoms with Crippen molar-refractivity contribution in [1.29, 1.82) is 0 Å². The lowest BCUT2D eigenvalue weighted by Crippen LogP contribution is -2.12. The van der Waals surface area contributed by atoms with Crippen LogP contribution in [0.3, 0.4) is 0 Å². The topological polar surface area (TPSA) is 38.3 Å². The van der Waals surface area contributed by atoms with Gasteiger partial charge >= 0.3 is 0 Å². The summed E-state index contributed by atoms with van der Waals surface area (Å²) in [6.45, 7) is 1.97. The van der Waals surface area contributed by atoms with Crippen LogP contribution in [-0.4, -0.2) is 13.0 Å². The van der Waals surface area contributed by atoms with Crippen molar-refractivity contribution in [2.24, 2.45) is 0 Å². The number of nitrogens with one attached hydrogen (secondary N) is 1. The SMILES string of the molecule is COc1ccc(Cl)cc1NC(=O)c1ccc(C)cc1. The smallest absolute Gasteiger partial charge is 0.255 e. The molecule has 3 nitrogen and oxygen atoms in total. The Labute approximate surface area is 117 Å². The second-order valence-corrected chi connectivity index (χ2v) is 4.60. The lowest BCUT2D eigenvalue weighted by molar-refractivity contribution is 0.102. The van der Waals surface area contributed by atoms with E-state index in [1.54, 1.807) is 37.4 Å². The molecule has 1 amide bonds. The lowest BCUT2D eigenvalue weighted by Gasteiger charge is -2.10. The molecule has 2 aromatic carbocycles. The summed E-state index contributed by atoms with van der Waals surface area (Å²) in [6, 6.07) is 12.4. The van der Waals surface area contributed by atoms with Gasteiger partial charge in [-0.15, -0.1) is 0 Å². The highest BCUT2D eigenvalue weighted by molar-refractivity contribution is 6.31. The highest BCUT2D eigenvalue weighted by atomic mass is 35.5. The number of amides is 1. The fourth-order valence-corrected chi connectivity index (χ4v) is 1.85. The van der Waals surface area contributed by atoms with E-state index < -0.39 is 0 Å². The van der Waals surface area contributed by atoms with Crippen molar-refractivity contribution in [3.63, 3.8) is 0 Å². The van der Waals surface area contributed by atoms with E-state index in [0.29, 0.717) is 22.0 Å². The van der Waals surface area contributed by atoms with E-state index in [-0.39, 0.29) is 5.91 Å². The summed E-state index contributed by atoms with van der Waals surface area (Å²) in [7, 11) is 1.55. The zero-order chi connectivity index (χ0) is 13.8. The number of halogens is 1. The molecule has 0 atom stereocenters. The monoisotopic (exact) mass is 275 g/mol. The Morgan fingerprint density at radius 1 is 1.16 bits per heavy atom. The zero-order valence-electron chi connectivity index (χ0n) is 10.7. The van der Waals surface area contributed by atoms with Crippen molar-refractivity contribution in [2.45, 2.75) is 6.92 Å². The largest absolute Gasteiger partial charge is 0.495 e. The molecule has 0 saturated carbocycles. The van der Waals surface area contributed by atoms with E-state index in [9.17, 15) is 4.79 Å². The van der Waals surface area contributed by atoms with Gasteiger partial charge in [-0.05, 0) is 37.3 Å². The summed E-state index contributed by atoms with van der Waals surface area (Å²) in [4.78, 5) is 12.1. The minimum Gasteiger partial charge on any atom is -0.495 e. The highest BCUT2D eigenvalue weighted by Crippen LogP contribution is 2.28. The summed E-state index contributed by atoms with van der Waals surface area (Å²) in [5.74, 6) is 0.380. The predicted molar refractivity (Wildman–Crippen MR) is 77.1 cm³/mol. The Morgan fingerprint density at radius 3 is 2.47 bits per heavy atom. The molecule has 4 heteroatoms. The molecular formula is C15H14ClNO2. The normalized spacial score (nSPS) is 10.1. The molecule has 0 aliphatic carbocycles. The van der Waals surface area contributed by atoms with Gasteiger partial charge in [0.15, 0.2) is 0 Å². The molecule has 0 radical (unpaired) electrons. The average Bonchev–Trinajstić information content (AvgIpc) is 2.39. The third kappa shape index (κ3) is 3.26. The highest BCUT2D eigenvalue weighted by Gasteiger charge is 2.10. The van der Waals surface area contributed by atoms with Gasteiger partial charge < -0.3 is 10.1 Å². The molecule has 0 spiro atoms. The minimum absolute atomic E-state index is 0.194. The molecular weight excluding hydrogens is 262 g/mol. The molecule has 19 heavy (non-hydrogen) atoms. The molecule has 0 aliphatic heterocycles. The number of hydrogen-bond acceptors (Lipinski definition) is 2. The Kier molecular flexibility index (Phi) is 4.07. The molecule has 0 unspecified atom stereocenters. The fourth-order valence-electron chi connectivity index (χ4n) is 1.68. The molecule has 0 aliphatic rings. The number of methoxy groups -OCH3 is 1. The van der Waals surface area contributed by atoms with Crippen LogP contribution in [-0.2, 0) is 0 Å². The minimum atomic E-state index is -0.194. The first kappa shape index (κ1) is 13.4. The van der Waals surface area contributed by atoms with E-state index >= 15 is 0 Å². The average molecular weight is 276 g/mol. The number of carbonyl (C=O) groups excluding carboxylic acids is 1. The zero-order valence-corrected chi connectivity index (χ0v) is 11.5. The van der Waals surface area contributed by atoms with Crippen molar-refractivity contribution in [2.75, 3.05) is 12.4 Å². The van der Waals surface area contributed by atoms with Crippen LogP contribution >= 0.6 is 11.6 Å². The van der Waals surface area contributed by atoms with Gasteiger partial charge in [0.05, 0.1) is 12.8 Å². The van der Waals surface area contributed by atoms with Crippen LogP contribution < -0.4 is 10.1 Å². The van der Waals surface area contributed by atoms with Crippen molar-refractivity contribution in [3.05, 3.63) is 58.6 Å². The molecule has 0 bridgehead atoms. The first-order valence-electron chi connectivity index (χ1n) is 5.81. The molecule has 98 valence electrons. The maximum absolute atomic E-state index is 12.1. The molecule has 0 aromatic heterocycles. The van der Waals surface area contributed by atoms with Crippen molar-refractivity contribution in [3.8, 4) is 5.75 Å². The van der Waals surface area contributed by atoms with E-state index in [2.05, 4.69) is 5.32 Å². The van der Waals surface area contributed by atoms with Crippen LogP contribution in [0, 0.1) is 6.92 Å². The first-order valence-corrected chi connectivity index (χ1v) is 6.19. The third-order valence-corrected chi connectivity index (χ3v) is 2.96. The molecule has 2 aromatic rings. The summed E-state index contributed by atoms with van der Waals surface area (Å²) >= 11 is 5.92. The number of benzene rings is 2. The predicted octanol–water partition coefficient (Wildman–Crippen LogP) is 3.91. The summed E-state index contributed by atoms with van der Waals surface area (Å²) in [5, 5.41) is 3.33. The summed E-state index contributed by atoms with van der Waals surface area (Å²) in [6.07, 6.45) is 0. The standard InChI is InChI=1S/C15H14ClNO2/c1-10-3-5-11(6-4-10)15(18)17-13-9-12(16)7-8-14(13)19-2/h3-9H,1-2H3,(H,17,18). The molecule has 0 fully saturated rings. The number of rotatable bonds is 3. The number of carbonyl (C=O) groups is 1. The lowest BCUT2D eigenvalue weighted by atomic mass is 10.1. The van der Waals surface area contributed by atoms with Gasteiger partial charge in [0.2, 0.25) is 0 Å². The molecule has 1 N–H and O–H groups in total. The quantitative estimate of drug-likeness (QED) is 0.922. The van der Waals surface area contributed by atoms with E-state index in [1.807, 2.05) is 19.1 Å². The fraction of sp³-hybridized carbons (Fsp3) is 0.133. The van der Waals surface area contributed by atoms with Crippen molar-refractivity contribution in [1.82, 2.24) is 0 Å². The molecule has 0 saturated heterocycles. The Bertz CT molecular complexity index is 594. The maximum atomic E-state index is 12.1. The Balaban J connectivity index is 2.23. The Hall–Kier alpha value is -2.00. The number of anilines is 1. The second-order valence-electron chi connectivity index (χ2n) is 4.16. The van der Waals surface area contributed by atoms with Crippen molar-refractivity contribution < 1.29 is 9.53 Å². The van der Waals surface area contributed by atoms with E-state index in [1.165, 1.54) is 0 Å². The molecule has 2 rings (SSSR count). The van der Waals surface area contributed by atoms with E-state index in [4.69, 9.17) is 16.3 Å². The van der Waals surface area contributed by atoms with Gasteiger partial charge in [0.25, 0.3) is 5.91 Å². The van der Waals surface area contributed by atoms with E-state index in [0.717, 1.165) is 5.56 Å². The first-order chi connectivity index (χ1) is 9.10. The van der Waals surface area contributed by atoms with Gasteiger partial charge in [-0.1, -0.05) is 29.3 Å². The number of hydrogen-bond donors (Lipinski definition) is 1. The summed E-state index contributed by atoms with van der Waals surface area (Å²) in [5.41, 5.74) is 2.25. The van der Waals surface area contributed by atoms with Crippen molar-refractivity contribution >= 4 is 23.2 Å². The van der Waals surface area contributed by atoms with Gasteiger partial charge in [0, 0.05) is 10.6 Å². The van der Waals surface area contributed by atoms with Gasteiger partial charge in [-0.2, -0.15) is 0 Å². The van der Waals surface area contributed by atoms with Crippen LogP contribution in [0.2, 0.25) is 5.02 Å². The summed E-state index contributed by atoms with van der Waals surface area (Å²) < 4.78 is 5.18. The van der Waals surface area contributed by atoms with Crippen LogP contribution in [0.5, 0.6) is 5.75 Å². The van der Waals surface area contributed by atoms with Crippen LogP contribution in [0.4, 0.5) is 5.69 Å². The Morgan fingerprint density at radius 2 is 1.84 bits per heavy atom. The maximum Gasteiger partial charge on any atom is 0.255 e. The molecule has 0 heterocycles.